The molecule has 2 rings (SSSR count). The van der Waals surface area contributed by atoms with E-state index < -0.39 is 20.0 Å². The third-order valence-corrected chi connectivity index (χ3v) is 11.5. The van der Waals surface area contributed by atoms with Crippen LogP contribution in [0.1, 0.15) is 72.9 Å². The number of esters is 1. The Morgan fingerprint density at radius 3 is 2.18 bits per heavy atom. The molecule has 1 fully saturated rings. The van der Waals surface area contributed by atoms with Crippen molar-refractivity contribution in [3.63, 3.8) is 0 Å². The summed E-state index contributed by atoms with van der Waals surface area (Å²) in [6.07, 6.45) is 0.310. The second kappa shape index (κ2) is 11.0. The zero-order chi connectivity index (χ0) is 25.9. The molecular weight excluding hydrogens is 470 g/mol. The SMILES string of the molecule is CCOC(=O)C[C@@H]1C[C@H](CO[Si](C)(C)C(C)(C)C)[C@@H](c2ccc(Cl)cc2)N1C(=O)OC(C)(C)C. The predicted octanol–water partition coefficient (Wildman–Crippen LogP) is 6.98. The minimum absolute atomic E-state index is 0.00208. The van der Waals surface area contributed by atoms with Gasteiger partial charge in [0, 0.05) is 23.6 Å². The fourth-order valence-corrected chi connectivity index (χ4v) is 5.19. The first kappa shape index (κ1) is 28.7. The van der Waals surface area contributed by atoms with Crippen LogP contribution in [-0.2, 0) is 18.7 Å². The van der Waals surface area contributed by atoms with E-state index >= 15 is 0 Å². The third-order valence-electron chi connectivity index (χ3n) is 6.70. The Labute approximate surface area is 211 Å². The number of halogens is 1. The van der Waals surface area contributed by atoms with Crippen LogP contribution < -0.4 is 0 Å². The molecule has 0 spiro atoms. The summed E-state index contributed by atoms with van der Waals surface area (Å²) in [6.45, 7) is 19.2. The average molecular weight is 512 g/mol. The second-order valence-corrected chi connectivity index (χ2v) is 16.9. The van der Waals surface area contributed by atoms with Gasteiger partial charge in [-0.3, -0.25) is 9.69 Å². The molecule has 0 saturated carbocycles. The van der Waals surface area contributed by atoms with Gasteiger partial charge < -0.3 is 13.9 Å². The van der Waals surface area contributed by atoms with Gasteiger partial charge in [0.15, 0.2) is 8.32 Å². The summed E-state index contributed by atoms with van der Waals surface area (Å²) in [4.78, 5) is 27.6. The molecule has 1 aromatic carbocycles. The van der Waals surface area contributed by atoms with Gasteiger partial charge in [0.1, 0.15) is 5.60 Å². The highest BCUT2D eigenvalue weighted by Gasteiger charge is 2.48. The van der Waals surface area contributed by atoms with Crippen molar-refractivity contribution < 1.29 is 23.5 Å². The molecule has 0 bridgehead atoms. The number of hydrogen-bond donors (Lipinski definition) is 0. The molecule has 6 nitrogen and oxygen atoms in total. The first-order chi connectivity index (χ1) is 15.6. The van der Waals surface area contributed by atoms with E-state index in [4.69, 9.17) is 25.5 Å². The monoisotopic (exact) mass is 511 g/mol. The number of rotatable bonds is 7. The second-order valence-electron chi connectivity index (χ2n) is 11.6. The van der Waals surface area contributed by atoms with Gasteiger partial charge in [-0.2, -0.15) is 0 Å². The van der Waals surface area contributed by atoms with Gasteiger partial charge in [-0.1, -0.05) is 44.5 Å². The van der Waals surface area contributed by atoms with E-state index in [-0.39, 0.29) is 35.4 Å². The lowest BCUT2D eigenvalue weighted by Crippen LogP contribution is -2.44. The molecule has 1 aliphatic heterocycles. The first-order valence-corrected chi connectivity index (χ1v) is 15.4. The van der Waals surface area contributed by atoms with Gasteiger partial charge in [-0.05, 0) is 69.9 Å². The minimum atomic E-state index is -2.01. The highest BCUT2D eigenvalue weighted by molar-refractivity contribution is 6.74. The van der Waals surface area contributed by atoms with Crippen LogP contribution in [0.3, 0.4) is 0 Å². The Morgan fingerprint density at radius 2 is 1.68 bits per heavy atom. The van der Waals surface area contributed by atoms with E-state index in [9.17, 15) is 9.59 Å². The van der Waals surface area contributed by atoms with Crippen LogP contribution in [0.4, 0.5) is 4.79 Å². The van der Waals surface area contributed by atoms with Crippen LogP contribution in [0.25, 0.3) is 0 Å². The van der Waals surface area contributed by atoms with Gasteiger partial charge in [-0.25, -0.2) is 4.79 Å². The van der Waals surface area contributed by atoms with E-state index in [1.165, 1.54) is 0 Å². The molecular formula is C26H42ClNO5Si. The maximum Gasteiger partial charge on any atom is 0.411 e. The highest BCUT2D eigenvalue weighted by atomic mass is 35.5. The number of benzene rings is 1. The van der Waals surface area contributed by atoms with Crippen molar-refractivity contribution in [2.45, 2.75) is 97.1 Å². The van der Waals surface area contributed by atoms with E-state index in [1.54, 1.807) is 11.8 Å². The molecule has 1 amide bonds. The number of amides is 1. The van der Waals surface area contributed by atoms with Crippen LogP contribution in [0.5, 0.6) is 0 Å². The molecule has 3 atom stereocenters. The number of likely N-dealkylation sites (tertiary alicyclic amines) is 1. The number of nitrogens with zero attached hydrogens (tertiary/aromatic N) is 1. The third kappa shape index (κ3) is 7.46. The van der Waals surface area contributed by atoms with Gasteiger partial charge in [-0.15, -0.1) is 0 Å². The van der Waals surface area contributed by atoms with Gasteiger partial charge in [0.25, 0.3) is 0 Å². The Morgan fingerprint density at radius 1 is 1.09 bits per heavy atom. The van der Waals surface area contributed by atoms with E-state index in [1.807, 2.05) is 45.0 Å². The summed E-state index contributed by atoms with van der Waals surface area (Å²) in [5, 5.41) is 0.694. The number of hydrogen-bond acceptors (Lipinski definition) is 5. The maximum atomic E-state index is 13.5. The van der Waals surface area contributed by atoms with Crippen LogP contribution in [0.15, 0.2) is 24.3 Å². The van der Waals surface area contributed by atoms with Crippen molar-refractivity contribution in [2.75, 3.05) is 13.2 Å². The van der Waals surface area contributed by atoms with Crippen molar-refractivity contribution in [1.82, 2.24) is 4.90 Å². The molecule has 1 aromatic rings. The van der Waals surface area contributed by atoms with Crippen molar-refractivity contribution in [1.29, 1.82) is 0 Å². The smallest absolute Gasteiger partial charge is 0.411 e. The van der Waals surface area contributed by atoms with Crippen molar-refractivity contribution in [2.24, 2.45) is 5.92 Å². The molecule has 0 aliphatic carbocycles. The van der Waals surface area contributed by atoms with Crippen molar-refractivity contribution in [3.8, 4) is 0 Å². The minimum Gasteiger partial charge on any atom is -0.466 e. The first-order valence-electron chi connectivity index (χ1n) is 12.1. The lowest BCUT2D eigenvalue weighted by Gasteiger charge is -2.38. The van der Waals surface area contributed by atoms with E-state index in [2.05, 4.69) is 33.9 Å². The topological polar surface area (TPSA) is 65.1 Å². The molecule has 0 N–H and O–H groups in total. The lowest BCUT2D eigenvalue weighted by molar-refractivity contribution is -0.144. The fraction of sp³-hybridized carbons (Fsp3) is 0.692. The molecule has 0 unspecified atom stereocenters. The van der Waals surface area contributed by atoms with Crippen molar-refractivity contribution in [3.05, 3.63) is 34.9 Å². The summed E-state index contributed by atoms with van der Waals surface area (Å²) < 4.78 is 17.6. The predicted molar refractivity (Wildman–Crippen MR) is 139 cm³/mol. The molecule has 8 heteroatoms. The molecule has 1 aliphatic rings. The molecule has 1 saturated heterocycles. The molecule has 0 aromatic heterocycles. The number of carbonyl (C=O) groups is 2. The Bertz CT molecular complexity index is 844. The Kier molecular flexibility index (Phi) is 9.27. The summed E-state index contributed by atoms with van der Waals surface area (Å²) in [5.41, 5.74) is 0.289. The Hall–Kier alpha value is -1.57. The number of carbonyl (C=O) groups excluding carboxylic acids is 2. The molecule has 0 radical (unpaired) electrons. The van der Waals surface area contributed by atoms with Gasteiger partial charge in [0.2, 0.25) is 0 Å². The maximum absolute atomic E-state index is 13.5. The summed E-state index contributed by atoms with van der Waals surface area (Å²) >= 11 is 6.16. The normalized spacial score (nSPS) is 21.5. The van der Waals surface area contributed by atoms with E-state index in [0.29, 0.717) is 24.7 Å². The number of ether oxygens (including phenoxy) is 2. The van der Waals surface area contributed by atoms with E-state index in [0.717, 1.165) is 5.56 Å². The standard InChI is InChI=1S/C26H42ClNO5Si/c1-10-31-22(29)16-21-15-19(17-32-34(8,9)26(5,6)7)23(18-11-13-20(27)14-12-18)28(21)24(30)33-25(2,3)4/h11-14,19,21,23H,10,15-17H2,1-9H3/t19-,21+,23-/m1/s1. The summed E-state index contributed by atoms with van der Waals surface area (Å²) in [7, 11) is -2.01. The van der Waals surface area contributed by atoms with Crippen LogP contribution >= 0.6 is 11.6 Å². The summed E-state index contributed by atoms with van der Waals surface area (Å²) in [6, 6.07) is 6.90. The Balaban J connectivity index is 2.46. The van der Waals surface area contributed by atoms with Crippen molar-refractivity contribution >= 4 is 32.0 Å². The van der Waals surface area contributed by atoms with Crippen LogP contribution in [0.2, 0.25) is 23.2 Å². The zero-order valence-electron chi connectivity index (χ0n) is 22.2. The molecule has 1 heterocycles. The molecule has 192 valence electrons. The largest absolute Gasteiger partial charge is 0.466 e. The highest BCUT2D eigenvalue weighted by Crippen LogP contribution is 2.45. The molecule has 34 heavy (non-hydrogen) atoms. The quantitative estimate of drug-likeness (QED) is 0.292. The fourth-order valence-electron chi connectivity index (χ4n) is 4.00. The average Bonchev–Trinajstić information content (AvgIpc) is 3.03. The van der Waals surface area contributed by atoms with Crippen LogP contribution in [-0.4, -0.2) is 50.1 Å². The lowest BCUT2D eigenvalue weighted by atomic mass is 9.93. The summed E-state index contributed by atoms with van der Waals surface area (Å²) in [5.74, 6) is -0.316. The van der Waals surface area contributed by atoms with Gasteiger partial charge >= 0.3 is 12.1 Å². The zero-order valence-corrected chi connectivity index (χ0v) is 24.0. The van der Waals surface area contributed by atoms with Gasteiger partial charge in [0.05, 0.1) is 19.1 Å². The van der Waals surface area contributed by atoms with Crippen LogP contribution in [0, 0.1) is 5.92 Å².